The maximum atomic E-state index is 11.5. The zero-order valence-corrected chi connectivity index (χ0v) is 11.1. The van der Waals surface area contributed by atoms with E-state index in [1.165, 1.54) is 12.1 Å². The minimum Gasteiger partial charge on any atom is -0.364 e. The molecule has 0 spiro atoms. The predicted octanol–water partition coefficient (Wildman–Crippen LogP) is 1.03. The van der Waals surface area contributed by atoms with Gasteiger partial charge in [0.25, 0.3) is 5.69 Å². The van der Waals surface area contributed by atoms with Crippen LogP contribution in [0.2, 0.25) is 0 Å². The number of carbonyl (C=O) groups is 1. The van der Waals surface area contributed by atoms with Gasteiger partial charge in [-0.15, -0.1) is 0 Å². The minimum absolute atomic E-state index is 0.102. The Kier molecular flexibility index (Phi) is 5.01. The van der Waals surface area contributed by atoms with Gasteiger partial charge in [0, 0.05) is 13.1 Å². The average Bonchev–Trinajstić information content (AvgIpc) is 2.37. The number of thiocarbonyl (C=S) groups is 1. The van der Waals surface area contributed by atoms with Crippen molar-refractivity contribution in [3.05, 3.63) is 33.9 Å². The van der Waals surface area contributed by atoms with E-state index in [1.807, 2.05) is 0 Å². The number of aryl methyl sites for hydroxylation is 1. The number of benzene rings is 1. The molecule has 19 heavy (non-hydrogen) atoms. The maximum absolute atomic E-state index is 11.5. The molecule has 9 heteroatoms. The number of carbonyl (C=O) groups excluding carboxylic acids is 1. The molecule has 0 aromatic heterocycles. The number of hydrogen-bond acceptors (Lipinski definition) is 4. The summed E-state index contributed by atoms with van der Waals surface area (Å²) in [6, 6.07) is 3.84. The number of anilines is 1. The Morgan fingerprint density at radius 1 is 1.37 bits per heavy atom. The van der Waals surface area contributed by atoms with Crippen LogP contribution in [0.25, 0.3) is 0 Å². The molecule has 0 unspecified atom stereocenters. The van der Waals surface area contributed by atoms with E-state index < -0.39 is 11.0 Å². The first kappa shape index (κ1) is 14.6. The summed E-state index contributed by atoms with van der Waals surface area (Å²) in [6.45, 7) is 1.73. The van der Waals surface area contributed by atoms with Crippen LogP contribution in [0.5, 0.6) is 0 Å². The van der Waals surface area contributed by atoms with E-state index in [0.29, 0.717) is 0 Å². The number of nitro groups is 1. The molecule has 1 rings (SSSR count). The second kappa shape index (κ2) is 6.50. The van der Waals surface area contributed by atoms with Crippen LogP contribution in [0.1, 0.15) is 5.56 Å². The van der Waals surface area contributed by atoms with Crippen molar-refractivity contribution in [3.63, 3.8) is 0 Å². The van der Waals surface area contributed by atoms with Gasteiger partial charge < -0.3 is 10.6 Å². The predicted molar refractivity (Wildman–Crippen MR) is 74.8 cm³/mol. The van der Waals surface area contributed by atoms with Crippen LogP contribution in [0.4, 0.5) is 16.2 Å². The van der Waals surface area contributed by atoms with Crippen LogP contribution in [0.3, 0.4) is 0 Å². The molecule has 0 saturated heterocycles. The van der Waals surface area contributed by atoms with E-state index in [9.17, 15) is 14.9 Å². The first-order valence-electron chi connectivity index (χ1n) is 5.24. The highest BCUT2D eigenvalue weighted by molar-refractivity contribution is 7.80. The first-order valence-corrected chi connectivity index (χ1v) is 5.64. The highest BCUT2D eigenvalue weighted by atomic mass is 32.1. The van der Waals surface area contributed by atoms with E-state index in [0.717, 1.165) is 5.56 Å². The zero-order chi connectivity index (χ0) is 14.4. The quantitative estimate of drug-likeness (QED) is 0.367. The molecule has 8 nitrogen and oxygen atoms in total. The Bertz CT molecular complexity index is 520. The van der Waals surface area contributed by atoms with E-state index in [2.05, 4.69) is 21.5 Å². The summed E-state index contributed by atoms with van der Waals surface area (Å²) in [4.78, 5) is 21.8. The van der Waals surface area contributed by atoms with Crippen molar-refractivity contribution >= 4 is 34.7 Å². The van der Waals surface area contributed by atoms with Crippen molar-refractivity contribution in [1.29, 1.82) is 0 Å². The lowest BCUT2D eigenvalue weighted by molar-refractivity contribution is -0.384. The zero-order valence-electron chi connectivity index (χ0n) is 10.3. The number of nitrogens with one attached hydrogen (secondary N) is 4. The first-order chi connectivity index (χ1) is 8.93. The largest absolute Gasteiger partial charge is 0.364 e. The second-order valence-corrected chi connectivity index (χ2v) is 3.97. The van der Waals surface area contributed by atoms with Gasteiger partial charge in [-0.25, -0.2) is 10.2 Å². The Balaban J connectivity index is 2.74. The third-order valence-corrected chi connectivity index (χ3v) is 2.42. The number of urea groups is 1. The highest BCUT2D eigenvalue weighted by Gasteiger charge is 2.15. The van der Waals surface area contributed by atoms with Crippen molar-refractivity contribution in [1.82, 2.24) is 16.2 Å². The lowest BCUT2D eigenvalue weighted by Crippen LogP contribution is -2.47. The Hall–Kier alpha value is -2.42. The summed E-state index contributed by atoms with van der Waals surface area (Å²) < 4.78 is 0. The minimum atomic E-state index is -0.662. The lowest BCUT2D eigenvalue weighted by atomic mass is 10.2. The number of nitro benzene ring substituents is 1. The molecule has 0 heterocycles. The topological polar surface area (TPSA) is 108 Å². The normalized spacial score (nSPS) is 9.37. The van der Waals surface area contributed by atoms with E-state index in [4.69, 9.17) is 12.2 Å². The van der Waals surface area contributed by atoms with E-state index in [1.54, 1.807) is 20.0 Å². The van der Waals surface area contributed by atoms with Gasteiger partial charge in [-0.3, -0.25) is 15.5 Å². The van der Waals surface area contributed by atoms with Gasteiger partial charge in [0.2, 0.25) is 0 Å². The smallest absolute Gasteiger partial charge is 0.338 e. The molecule has 0 fully saturated rings. The monoisotopic (exact) mass is 283 g/mol. The van der Waals surface area contributed by atoms with Crippen molar-refractivity contribution in [2.24, 2.45) is 0 Å². The van der Waals surface area contributed by atoms with Crippen LogP contribution >= 0.6 is 12.2 Å². The van der Waals surface area contributed by atoms with Gasteiger partial charge in [0.05, 0.1) is 4.92 Å². The summed E-state index contributed by atoms with van der Waals surface area (Å²) in [5.74, 6) is 0. The summed E-state index contributed by atoms with van der Waals surface area (Å²) in [7, 11) is 1.58. The third-order valence-electron chi connectivity index (χ3n) is 2.11. The van der Waals surface area contributed by atoms with Crippen LogP contribution < -0.4 is 21.5 Å². The van der Waals surface area contributed by atoms with Crippen LogP contribution in [-0.4, -0.2) is 23.1 Å². The van der Waals surface area contributed by atoms with Crippen molar-refractivity contribution in [3.8, 4) is 0 Å². The molecule has 102 valence electrons. The molecular weight excluding hydrogens is 270 g/mol. The fraction of sp³-hybridized carbons (Fsp3) is 0.200. The second-order valence-electron chi connectivity index (χ2n) is 3.56. The van der Waals surface area contributed by atoms with Crippen molar-refractivity contribution in [2.75, 3.05) is 12.4 Å². The Morgan fingerprint density at radius 3 is 2.63 bits per heavy atom. The number of rotatable bonds is 2. The molecule has 0 aliphatic rings. The van der Waals surface area contributed by atoms with Crippen molar-refractivity contribution in [2.45, 2.75) is 6.92 Å². The molecular formula is C10H13N5O3S. The molecule has 0 radical (unpaired) electrons. The average molecular weight is 283 g/mol. The van der Waals surface area contributed by atoms with Crippen LogP contribution in [0.15, 0.2) is 18.2 Å². The van der Waals surface area contributed by atoms with Gasteiger partial charge >= 0.3 is 6.03 Å². The number of hydrazine groups is 1. The molecule has 0 atom stereocenters. The Labute approximate surface area is 114 Å². The van der Waals surface area contributed by atoms with E-state index >= 15 is 0 Å². The fourth-order valence-corrected chi connectivity index (χ4v) is 1.28. The van der Waals surface area contributed by atoms with E-state index in [-0.39, 0.29) is 16.5 Å². The number of hydrogen-bond donors (Lipinski definition) is 4. The van der Waals surface area contributed by atoms with Gasteiger partial charge in [-0.1, -0.05) is 6.07 Å². The summed E-state index contributed by atoms with van der Waals surface area (Å²) in [5.41, 5.74) is 5.29. The van der Waals surface area contributed by atoms with Crippen molar-refractivity contribution < 1.29 is 9.72 Å². The molecule has 0 aliphatic carbocycles. The highest BCUT2D eigenvalue weighted by Crippen LogP contribution is 2.24. The van der Waals surface area contributed by atoms with Crippen LogP contribution in [0, 0.1) is 17.0 Å². The molecule has 0 saturated carbocycles. The molecule has 0 bridgehead atoms. The molecule has 0 aliphatic heterocycles. The summed E-state index contributed by atoms with van der Waals surface area (Å²) >= 11 is 4.75. The number of nitrogens with zero attached hydrogens (tertiary/aromatic N) is 1. The molecule has 1 aromatic carbocycles. The standard InChI is InChI=1S/C10H13N5O3S/c1-6-3-4-7(8(5-6)15(17)18)12-9(16)13-14-10(19)11-2/h3-5H,1-2H3,(H2,11,14,19)(H2,12,13,16). The molecule has 2 amide bonds. The molecule has 1 aromatic rings. The molecule has 4 N–H and O–H groups in total. The number of amides is 2. The van der Waals surface area contributed by atoms with Gasteiger partial charge in [-0.05, 0) is 30.8 Å². The third kappa shape index (κ3) is 4.39. The van der Waals surface area contributed by atoms with Gasteiger partial charge in [0.1, 0.15) is 5.69 Å². The van der Waals surface area contributed by atoms with Gasteiger partial charge in [-0.2, -0.15) is 0 Å². The Morgan fingerprint density at radius 2 is 2.05 bits per heavy atom. The summed E-state index contributed by atoms with van der Waals surface area (Å²) in [5, 5.41) is 16.0. The maximum Gasteiger partial charge on any atom is 0.338 e. The van der Waals surface area contributed by atoms with Crippen LogP contribution in [-0.2, 0) is 0 Å². The summed E-state index contributed by atoms with van der Waals surface area (Å²) in [6.07, 6.45) is 0. The SMILES string of the molecule is CNC(=S)NNC(=O)Nc1ccc(C)cc1[N+](=O)[O-]. The fourth-order valence-electron chi connectivity index (χ4n) is 1.23. The lowest BCUT2D eigenvalue weighted by Gasteiger charge is -2.10. The van der Waals surface area contributed by atoms with Gasteiger partial charge in [0.15, 0.2) is 5.11 Å².